The molecule has 62 valence electrons. The minimum absolute atomic E-state index is 0.0344. The number of carbonyl (C=O) groups is 1. The zero-order chi connectivity index (χ0) is 8.53. The van der Waals surface area contributed by atoms with E-state index in [2.05, 4.69) is 10.6 Å². The fraction of sp³-hybridized carbons (Fsp3) is 0.667. The van der Waals surface area contributed by atoms with E-state index in [4.69, 9.17) is 16.9 Å². The van der Waals surface area contributed by atoms with Crippen molar-refractivity contribution in [1.82, 2.24) is 10.6 Å². The Bertz CT molecular complexity index is 154. The van der Waals surface area contributed by atoms with Gasteiger partial charge in [0.05, 0.1) is 6.07 Å². The largest absolute Gasteiger partial charge is 0.338 e. The smallest absolute Gasteiger partial charge is 0.315 e. The van der Waals surface area contributed by atoms with Gasteiger partial charge < -0.3 is 10.6 Å². The average molecular weight is 176 g/mol. The van der Waals surface area contributed by atoms with Crippen molar-refractivity contribution in [2.24, 2.45) is 0 Å². The number of nitrogens with zero attached hydrogens (tertiary/aromatic N) is 1. The van der Waals surface area contributed by atoms with Crippen molar-refractivity contribution in [3.63, 3.8) is 0 Å². The van der Waals surface area contributed by atoms with Crippen LogP contribution in [0.2, 0.25) is 0 Å². The van der Waals surface area contributed by atoms with Crippen molar-refractivity contribution >= 4 is 17.6 Å². The number of hydrogen-bond acceptors (Lipinski definition) is 2. The molecule has 0 rings (SSSR count). The van der Waals surface area contributed by atoms with Crippen molar-refractivity contribution in [1.29, 1.82) is 5.26 Å². The van der Waals surface area contributed by atoms with Crippen molar-refractivity contribution in [2.75, 3.05) is 19.0 Å². The fourth-order valence-electron chi connectivity index (χ4n) is 0.451. The summed E-state index contributed by atoms with van der Waals surface area (Å²) in [5.41, 5.74) is 0. The first-order chi connectivity index (χ1) is 5.31. The van der Waals surface area contributed by atoms with Crippen LogP contribution in [0.5, 0.6) is 0 Å². The lowest BCUT2D eigenvalue weighted by Crippen LogP contribution is -2.36. The van der Waals surface area contributed by atoms with Gasteiger partial charge in [0.1, 0.15) is 6.54 Å². The van der Waals surface area contributed by atoms with E-state index in [0.29, 0.717) is 12.4 Å². The number of halogens is 1. The summed E-state index contributed by atoms with van der Waals surface area (Å²) in [5.74, 6) is 0.526. The molecule has 0 heterocycles. The van der Waals surface area contributed by atoms with Gasteiger partial charge in [-0.15, -0.1) is 11.6 Å². The third kappa shape index (κ3) is 6.94. The molecule has 0 fully saturated rings. The highest BCUT2D eigenvalue weighted by molar-refractivity contribution is 6.17. The maximum atomic E-state index is 10.7. The van der Waals surface area contributed by atoms with Crippen molar-refractivity contribution < 1.29 is 4.79 Å². The Morgan fingerprint density at radius 1 is 1.55 bits per heavy atom. The van der Waals surface area contributed by atoms with E-state index in [1.165, 1.54) is 0 Å². The summed E-state index contributed by atoms with van der Waals surface area (Å²) >= 11 is 5.37. The van der Waals surface area contributed by atoms with Crippen molar-refractivity contribution in [3.05, 3.63) is 0 Å². The predicted octanol–water partition coefficient (Wildman–Crippen LogP) is 0.438. The molecular weight excluding hydrogens is 166 g/mol. The first-order valence-electron chi connectivity index (χ1n) is 3.26. The predicted molar refractivity (Wildman–Crippen MR) is 42.4 cm³/mol. The summed E-state index contributed by atoms with van der Waals surface area (Å²) in [6.07, 6.45) is 0.738. The van der Waals surface area contributed by atoms with Crippen LogP contribution in [-0.2, 0) is 0 Å². The summed E-state index contributed by atoms with van der Waals surface area (Å²) in [5, 5.41) is 12.9. The van der Waals surface area contributed by atoms with Gasteiger partial charge in [0.15, 0.2) is 0 Å². The maximum Gasteiger partial charge on any atom is 0.315 e. The summed E-state index contributed by atoms with van der Waals surface area (Å²) in [6, 6.07) is 1.47. The van der Waals surface area contributed by atoms with Gasteiger partial charge in [0.2, 0.25) is 0 Å². The van der Waals surface area contributed by atoms with E-state index in [1.54, 1.807) is 6.07 Å². The molecule has 0 atom stereocenters. The number of urea groups is 1. The molecule has 0 aliphatic carbocycles. The van der Waals surface area contributed by atoms with E-state index in [0.717, 1.165) is 6.42 Å². The molecule has 0 saturated heterocycles. The molecule has 11 heavy (non-hydrogen) atoms. The second-order valence-electron chi connectivity index (χ2n) is 1.81. The summed E-state index contributed by atoms with van der Waals surface area (Å²) < 4.78 is 0. The summed E-state index contributed by atoms with van der Waals surface area (Å²) in [4.78, 5) is 10.7. The molecule has 2 amide bonds. The molecule has 0 radical (unpaired) electrons. The molecule has 0 unspecified atom stereocenters. The minimum Gasteiger partial charge on any atom is -0.338 e. The molecule has 0 aliphatic heterocycles. The highest BCUT2D eigenvalue weighted by atomic mass is 35.5. The number of nitrogens with one attached hydrogen (secondary N) is 2. The van der Waals surface area contributed by atoms with Crippen molar-refractivity contribution in [3.8, 4) is 6.07 Å². The quantitative estimate of drug-likeness (QED) is 0.370. The second kappa shape index (κ2) is 7.16. The third-order valence-electron chi connectivity index (χ3n) is 0.924. The molecule has 0 bridgehead atoms. The normalized spacial score (nSPS) is 8.36. The zero-order valence-electron chi connectivity index (χ0n) is 6.06. The lowest BCUT2D eigenvalue weighted by Gasteiger charge is -2.02. The molecule has 0 spiro atoms. The highest BCUT2D eigenvalue weighted by Gasteiger charge is 1.95. The van der Waals surface area contributed by atoms with Crippen LogP contribution < -0.4 is 10.6 Å². The van der Waals surface area contributed by atoms with Gasteiger partial charge in [-0.05, 0) is 6.42 Å². The molecule has 4 nitrogen and oxygen atoms in total. The van der Waals surface area contributed by atoms with Crippen LogP contribution in [0.1, 0.15) is 6.42 Å². The molecule has 0 aromatic heterocycles. The van der Waals surface area contributed by atoms with Gasteiger partial charge in [-0.25, -0.2) is 4.79 Å². The van der Waals surface area contributed by atoms with Crippen LogP contribution in [0.4, 0.5) is 4.79 Å². The molecule has 0 saturated carbocycles. The standard InChI is InChI=1S/C6H10ClN3O/c7-2-1-4-9-6(11)10-5-3-8/h1-2,4-5H2,(H2,9,10,11). The Morgan fingerprint density at radius 2 is 2.27 bits per heavy atom. The Morgan fingerprint density at radius 3 is 2.82 bits per heavy atom. The van der Waals surface area contributed by atoms with Gasteiger partial charge in [-0.3, -0.25) is 0 Å². The molecule has 0 aromatic rings. The van der Waals surface area contributed by atoms with Crippen LogP contribution in [0, 0.1) is 11.3 Å². The number of alkyl halides is 1. The molecule has 0 aliphatic rings. The van der Waals surface area contributed by atoms with E-state index in [9.17, 15) is 4.79 Å². The van der Waals surface area contributed by atoms with Gasteiger partial charge in [-0.1, -0.05) is 0 Å². The van der Waals surface area contributed by atoms with E-state index >= 15 is 0 Å². The zero-order valence-corrected chi connectivity index (χ0v) is 6.82. The fourth-order valence-corrected chi connectivity index (χ4v) is 0.585. The average Bonchev–Trinajstić information content (AvgIpc) is 2.01. The summed E-state index contributed by atoms with van der Waals surface area (Å²) in [6.45, 7) is 0.577. The Kier molecular flexibility index (Phi) is 6.54. The first kappa shape index (κ1) is 10.0. The highest BCUT2D eigenvalue weighted by Crippen LogP contribution is 1.80. The van der Waals surface area contributed by atoms with E-state index in [-0.39, 0.29) is 12.6 Å². The number of rotatable bonds is 4. The Labute approximate surface area is 70.5 Å². The van der Waals surface area contributed by atoms with Gasteiger partial charge >= 0.3 is 6.03 Å². The van der Waals surface area contributed by atoms with Crippen LogP contribution in [-0.4, -0.2) is 25.0 Å². The molecule has 2 N–H and O–H groups in total. The lowest BCUT2D eigenvalue weighted by molar-refractivity contribution is 0.242. The van der Waals surface area contributed by atoms with Crippen LogP contribution in [0.15, 0.2) is 0 Å². The molecular formula is C6H10ClN3O. The summed E-state index contributed by atoms with van der Waals surface area (Å²) in [7, 11) is 0. The molecule has 5 heteroatoms. The van der Waals surface area contributed by atoms with Gasteiger partial charge in [0, 0.05) is 12.4 Å². The van der Waals surface area contributed by atoms with E-state index in [1.807, 2.05) is 0 Å². The number of amides is 2. The number of carbonyl (C=O) groups excluding carboxylic acids is 1. The minimum atomic E-state index is -0.323. The van der Waals surface area contributed by atoms with Crippen LogP contribution in [0.25, 0.3) is 0 Å². The topological polar surface area (TPSA) is 64.9 Å². The maximum absolute atomic E-state index is 10.7. The monoisotopic (exact) mass is 175 g/mol. The SMILES string of the molecule is N#CCNC(=O)NCCCCl. The second-order valence-corrected chi connectivity index (χ2v) is 2.19. The van der Waals surface area contributed by atoms with E-state index < -0.39 is 0 Å². The number of nitriles is 1. The Hall–Kier alpha value is -0.950. The van der Waals surface area contributed by atoms with Crippen LogP contribution >= 0.6 is 11.6 Å². The lowest BCUT2D eigenvalue weighted by atomic mass is 10.5. The third-order valence-corrected chi connectivity index (χ3v) is 1.19. The molecule has 0 aromatic carbocycles. The number of hydrogen-bond donors (Lipinski definition) is 2. The Balaban J connectivity index is 3.17. The van der Waals surface area contributed by atoms with Gasteiger partial charge in [0.25, 0.3) is 0 Å². The van der Waals surface area contributed by atoms with Crippen LogP contribution in [0.3, 0.4) is 0 Å². The van der Waals surface area contributed by atoms with Crippen molar-refractivity contribution in [2.45, 2.75) is 6.42 Å². The van der Waals surface area contributed by atoms with Gasteiger partial charge in [-0.2, -0.15) is 5.26 Å². The first-order valence-corrected chi connectivity index (χ1v) is 3.79.